The minimum atomic E-state index is -0.938. The summed E-state index contributed by atoms with van der Waals surface area (Å²) in [7, 11) is 1.56. The summed E-state index contributed by atoms with van der Waals surface area (Å²) in [5.41, 5.74) is -1.52. The van der Waals surface area contributed by atoms with Crippen molar-refractivity contribution < 1.29 is 24.2 Å². The molecule has 0 aliphatic carbocycles. The van der Waals surface area contributed by atoms with Gasteiger partial charge in [-0.3, -0.25) is 4.79 Å². The van der Waals surface area contributed by atoms with Gasteiger partial charge in [-0.15, -0.1) is 0 Å². The molecule has 6 heteroatoms. The van der Waals surface area contributed by atoms with Gasteiger partial charge in [0.05, 0.1) is 11.5 Å². The number of nitrogens with zero attached hydrogens (tertiary/aromatic N) is 1. The minimum absolute atomic E-state index is 0.162. The van der Waals surface area contributed by atoms with Crippen LogP contribution >= 0.6 is 0 Å². The number of aliphatic carboxylic acids is 1. The summed E-state index contributed by atoms with van der Waals surface area (Å²) in [6, 6.07) is 0. The van der Waals surface area contributed by atoms with E-state index in [1.54, 1.807) is 27.9 Å². The molecule has 116 valence electrons. The minimum Gasteiger partial charge on any atom is -0.481 e. The Labute approximate surface area is 120 Å². The van der Waals surface area contributed by atoms with Crippen molar-refractivity contribution in [3.8, 4) is 0 Å². The Kier molecular flexibility index (Phi) is 5.02. The van der Waals surface area contributed by atoms with E-state index in [-0.39, 0.29) is 12.6 Å². The largest absolute Gasteiger partial charge is 0.481 e. The Bertz CT molecular complexity index is 376. The van der Waals surface area contributed by atoms with E-state index in [0.717, 1.165) is 0 Å². The lowest BCUT2D eigenvalue weighted by Gasteiger charge is -2.28. The number of amides is 1. The number of hydrogen-bond donors (Lipinski definition) is 1. The Hall–Kier alpha value is -1.30. The summed E-state index contributed by atoms with van der Waals surface area (Å²) in [5.74, 6) is -0.882. The van der Waals surface area contributed by atoms with Crippen LogP contribution in [0.1, 0.15) is 40.5 Å². The van der Waals surface area contributed by atoms with E-state index in [9.17, 15) is 14.7 Å². The van der Waals surface area contributed by atoms with Crippen molar-refractivity contribution in [2.75, 3.05) is 20.2 Å². The highest BCUT2D eigenvalue weighted by atomic mass is 16.6. The second-order valence-electron chi connectivity index (χ2n) is 6.49. The van der Waals surface area contributed by atoms with Crippen molar-refractivity contribution in [2.24, 2.45) is 5.41 Å². The molecule has 6 nitrogen and oxygen atoms in total. The zero-order valence-electron chi connectivity index (χ0n) is 12.9. The molecule has 2 atom stereocenters. The van der Waals surface area contributed by atoms with Gasteiger partial charge in [-0.25, -0.2) is 4.79 Å². The summed E-state index contributed by atoms with van der Waals surface area (Å²) in [4.78, 5) is 25.1. The highest BCUT2D eigenvalue weighted by molar-refractivity contribution is 5.78. The van der Waals surface area contributed by atoms with E-state index in [2.05, 4.69) is 0 Å². The molecule has 1 aliphatic rings. The fraction of sp³-hybridized carbons (Fsp3) is 0.857. The van der Waals surface area contributed by atoms with Crippen LogP contribution in [0.4, 0.5) is 4.79 Å². The van der Waals surface area contributed by atoms with E-state index in [1.807, 2.05) is 6.92 Å². The average Bonchev–Trinajstić information content (AvgIpc) is 2.72. The van der Waals surface area contributed by atoms with Crippen molar-refractivity contribution in [1.82, 2.24) is 4.90 Å². The van der Waals surface area contributed by atoms with Crippen molar-refractivity contribution >= 4 is 12.1 Å². The molecule has 0 spiro atoms. The SMILES string of the molecule is COC(C)CC1(C(=O)O)CCN(C(=O)OC(C)(C)C)C1. The highest BCUT2D eigenvalue weighted by Crippen LogP contribution is 2.36. The van der Waals surface area contributed by atoms with Crippen molar-refractivity contribution in [1.29, 1.82) is 0 Å². The van der Waals surface area contributed by atoms with Crippen LogP contribution in [0.3, 0.4) is 0 Å². The van der Waals surface area contributed by atoms with Gasteiger partial charge in [-0.2, -0.15) is 0 Å². The Morgan fingerprint density at radius 2 is 2.00 bits per heavy atom. The van der Waals surface area contributed by atoms with Crippen molar-refractivity contribution in [3.63, 3.8) is 0 Å². The number of methoxy groups -OCH3 is 1. The standard InChI is InChI=1S/C14H25NO5/c1-10(19-5)8-14(11(16)17)6-7-15(9-14)12(18)20-13(2,3)4/h10H,6-9H2,1-5H3,(H,16,17). The molecule has 1 aliphatic heterocycles. The van der Waals surface area contributed by atoms with Crippen LogP contribution in [0.15, 0.2) is 0 Å². The molecule has 2 unspecified atom stereocenters. The molecule has 1 N–H and O–H groups in total. The molecule has 1 rings (SSSR count). The number of hydrogen-bond acceptors (Lipinski definition) is 4. The molecule has 0 aromatic carbocycles. The number of likely N-dealkylation sites (tertiary alicyclic amines) is 1. The van der Waals surface area contributed by atoms with Gasteiger partial charge in [0.15, 0.2) is 0 Å². The molecule has 0 saturated carbocycles. The summed E-state index contributed by atoms with van der Waals surface area (Å²) in [6.07, 6.45) is 0.198. The topological polar surface area (TPSA) is 76.1 Å². The summed E-state index contributed by atoms with van der Waals surface area (Å²) in [6.45, 7) is 7.78. The molecule has 0 aromatic heterocycles. The van der Waals surface area contributed by atoms with Crippen molar-refractivity contribution in [2.45, 2.75) is 52.2 Å². The smallest absolute Gasteiger partial charge is 0.410 e. The van der Waals surface area contributed by atoms with E-state index in [4.69, 9.17) is 9.47 Å². The molecule has 1 fully saturated rings. The zero-order chi connectivity index (χ0) is 15.6. The Morgan fingerprint density at radius 1 is 1.40 bits per heavy atom. The Balaban J connectivity index is 2.75. The summed E-state index contributed by atoms with van der Waals surface area (Å²) < 4.78 is 10.5. The van der Waals surface area contributed by atoms with Crippen molar-refractivity contribution in [3.05, 3.63) is 0 Å². The molecule has 1 amide bonds. The number of carbonyl (C=O) groups excluding carboxylic acids is 1. The normalized spacial score (nSPS) is 24.6. The molecule has 0 bridgehead atoms. The lowest BCUT2D eigenvalue weighted by molar-refractivity contribution is -0.150. The van der Waals surface area contributed by atoms with Gasteiger partial charge < -0.3 is 19.5 Å². The van der Waals surface area contributed by atoms with Gasteiger partial charge in [-0.05, 0) is 40.5 Å². The average molecular weight is 287 g/mol. The second kappa shape index (κ2) is 5.99. The summed E-state index contributed by atoms with van der Waals surface area (Å²) in [5, 5.41) is 9.51. The maximum absolute atomic E-state index is 12.0. The third-order valence-corrected chi connectivity index (χ3v) is 3.54. The number of ether oxygens (including phenoxy) is 2. The van der Waals surface area contributed by atoms with Crippen LogP contribution in [0.5, 0.6) is 0 Å². The zero-order valence-corrected chi connectivity index (χ0v) is 12.9. The molecular weight excluding hydrogens is 262 g/mol. The quantitative estimate of drug-likeness (QED) is 0.857. The van der Waals surface area contributed by atoms with Gasteiger partial charge in [0, 0.05) is 20.2 Å². The lowest BCUT2D eigenvalue weighted by atomic mass is 9.82. The first-order valence-electron chi connectivity index (χ1n) is 6.84. The molecule has 0 radical (unpaired) electrons. The van der Waals surface area contributed by atoms with Gasteiger partial charge >= 0.3 is 12.1 Å². The van der Waals surface area contributed by atoms with Crippen LogP contribution < -0.4 is 0 Å². The number of carboxylic acids is 1. The van der Waals surface area contributed by atoms with Crippen LogP contribution in [-0.2, 0) is 14.3 Å². The van der Waals surface area contributed by atoms with Crippen LogP contribution in [-0.4, -0.2) is 54.0 Å². The monoisotopic (exact) mass is 287 g/mol. The van der Waals surface area contributed by atoms with Gasteiger partial charge in [-0.1, -0.05) is 0 Å². The predicted molar refractivity (Wildman–Crippen MR) is 73.6 cm³/mol. The van der Waals surface area contributed by atoms with Gasteiger partial charge in [0.25, 0.3) is 0 Å². The lowest BCUT2D eigenvalue weighted by Crippen LogP contribution is -2.41. The maximum Gasteiger partial charge on any atom is 0.410 e. The molecular formula is C14H25NO5. The fourth-order valence-corrected chi connectivity index (χ4v) is 2.42. The van der Waals surface area contributed by atoms with Crippen LogP contribution in [0.2, 0.25) is 0 Å². The fourth-order valence-electron chi connectivity index (χ4n) is 2.42. The highest BCUT2D eigenvalue weighted by Gasteiger charge is 2.47. The first kappa shape index (κ1) is 16.8. The molecule has 20 heavy (non-hydrogen) atoms. The molecule has 0 aromatic rings. The third-order valence-electron chi connectivity index (χ3n) is 3.54. The molecule has 1 saturated heterocycles. The summed E-state index contributed by atoms with van der Waals surface area (Å²) >= 11 is 0. The third kappa shape index (κ3) is 4.10. The van der Waals surface area contributed by atoms with Crippen LogP contribution in [0.25, 0.3) is 0 Å². The van der Waals surface area contributed by atoms with Gasteiger partial charge in [0.2, 0.25) is 0 Å². The number of rotatable bonds is 4. The van der Waals surface area contributed by atoms with Crippen LogP contribution in [0, 0.1) is 5.41 Å². The van der Waals surface area contributed by atoms with E-state index in [1.165, 1.54) is 4.90 Å². The number of carbonyl (C=O) groups is 2. The first-order chi connectivity index (χ1) is 9.09. The number of carboxylic acid groups (broad SMARTS) is 1. The van der Waals surface area contributed by atoms with E-state index in [0.29, 0.717) is 19.4 Å². The maximum atomic E-state index is 12.0. The Morgan fingerprint density at radius 3 is 2.45 bits per heavy atom. The van der Waals surface area contributed by atoms with E-state index >= 15 is 0 Å². The second-order valence-corrected chi connectivity index (χ2v) is 6.49. The van der Waals surface area contributed by atoms with Gasteiger partial charge in [0.1, 0.15) is 5.60 Å². The molecule has 1 heterocycles. The van der Waals surface area contributed by atoms with E-state index < -0.39 is 23.1 Å². The first-order valence-corrected chi connectivity index (χ1v) is 6.84. The predicted octanol–water partition coefficient (Wildman–Crippen LogP) is 2.12.